The number of ether oxygens (including phenoxy) is 1. The first-order valence-corrected chi connectivity index (χ1v) is 7.00. The zero-order valence-electron chi connectivity index (χ0n) is 10.7. The van der Waals surface area contributed by atoms with Crippen LogP contribution in [0.5, 0.6) is 0 Å². The maximum atomic E-state index is 12.1. The van der Waals surface area contributed by atoms with E-state index in [0.29, 0.717) is 26.2 Å². The van der Waals surface area contributed by atoms with Crippen LogP contribution < -0.4 is 5.73 Å². The minimum Gasteiger partial charge on any atom is -0.383 e. The summed E-state index contributed by atoms with van der Waals surface area (Å²) in [6.45, 7) is 7.15. The summed E-state index contributed by atoms with van der Waals surface area (Å²) in [6.07, 6.45) is 0. The normalized spacial score (nSPS) is 13.4. The first-order chi connectivity index (χ1) is 7.23. The highest BCUT2D eigenvalue weighted by molar-refractivity contribution is 7.89. The lowest BCUT2D eigenvalue weighted by molar-refractivity contribution is 0.179. The Balaban J connectivity index is 4.62. The summed E-state index contributed by atoms with van der Waals surface area (Å²) in [6, 6.07) is 0. The summed E-state index contributed by atoms with van der Waals surface area (Å²) in [4.78, 5) is 0. The predicted molar refractivity (Wildman–Crippen MR) is 65.7 cm³/mol. The molecule has 5 nitrogen and oxygen atoms in total. The van der Waals surface area contributed by atoms with Gasteiger partial charge in [0.2, 0.25) is 10.0 Å². The van der Waals surface area contributed by atoms with Crippen LogP contribution in [-0.2, 0) is 14.8 Å². The number of nitrogens with two attached hydrogens (primary N) is 1. The number of hydrogen-bond donors (Lipinski definition) is 1. The summed E-state index contributed by atoms with van der Waals surface area (Å²) >= 11 is 0. The standard InChI is InChI=1S/C10H24N2O3S/c1-10(2,3)9-16(13,14)12(6-5-11)7-8-15-4/h5-9,11H2,1-4H3. The van der Waals surface area contributed by atoms with Gasteiger partial charge in [-0.2, -0.15) is 4.31 Å². The molecule has 0 amide bonds. The molecule has 0 aromatic heterocycles. The Labute approximate surface area is 99.0 Å². The third kappa shape index (κ3) is 6.42. The monoisotopic (exact) mass is 252 g/mol. The molecule has 0 saturated carbocycles. The zero-order valence-corrected chi connectivity index (χ0v) is 11.5. The van der Waals surface area contributed by atoms with Crippen molar-refractivity contribution in [2.45, 2.75) is 20.8 Å². The van der Waals surface area contributed by atoms with Crippen molar-refractivity contribution in [1.29, 1.82) is 0 Å². The largest absolute Gasteiger partial charge is 0.383 e. The van der Waals surface area contributed by atoms with Crippen LogP contribution in [0.15, 0.2) is 0 Å². The van der Waals surface area contributed by atoms with Gasteiger partial charge >= 0.3 is 0 Å². The van der Waals surface area contributed by atoms with Crippen LogP contribution in [-0.4, -0.2) is 51.8 Å². The van der Waals surface area contributed by atoms with E-state index in [9.17, 15) is 8.42 Å². The van der Waals surface area contributed by atoms with Crippen LogP contribution >= 0.6 is 0 Å². The van der Waals surface area contributed by atoms with E-state index in [1.807, 2.05) is 20.8 Å². The molecule has 0 saturated heterocycles. The van der Waals surface area contributed by atoms with Crippen LogP contribution in [0.25, 0.3) is 0 Å². The van der Waals surface area contributed by atoms with Crippen molar-refractivity contribution < 1.29 is 13.2 Å². The molecule has 0 aliphatic carbocycles. The number of rotatable bonds is 7. The van der Waals surface area contributed by atoms with E-state index in [0.717, 1.165) is 0 Å². The van der Waals surface area contributed by atoms with Crippen molar-refractivity contribution in [2.24, 2.45) is 11.1 Å². The van der Waals surface area contributed by atoms with Crippen molar-refractivity contribution in [2.75, 3.05) is 39.1 Å². The maximum absolute atomic E-state index is 12.1. The van der Waals surface area contributed by atoms with Crippen molar-refractivity contribution in [3.05, 3.63) is 0 Å². The Bertz CT molecular complexity index is 283. The Morgan fingerprint density at radius 3 is 2.19 bits per heavy atom. The Kier molecular flexibility index (Phi) is 6.47. The van der Waals surface area contributed by atoms with Gasteiger partial charge in [-0.3, -0.25) is 0 Å². The van der Waals surface area contributed by atoms with Crippen LogP contribution in [0.4, 0.5) is 0 Å². The van der Waals surface area contributed by atoms with Gasteiger partial charge in [0.25, 0.3) is 0 Å². The molecular formula is C10H24N2O3S. The molecule has 0 aromatic carbocycles. The Morgan fingerprint density at radius 2 is 1.81 bits per heavy atom. The fraction of sp³-hybridized carbons (Fsp3) is 1.00. The molecule has 0 radical (unpaired) electrons. The van der Waals surface area contributed by atoms with Crippen LogP contribution in [0, 0.1) is 5.41 Å². The van der Waals surface area contributed by atoms with E-state index in [1.54, 1.807) is 7.11 Å². The molecular weight excluding hydrogens is 228 g/mol. The molecule has 98 valence electrons. The molecule has 0 aliphatic rings. The number of sulfonamides is 1. The highest BCUT2D eigenvalue weighted by Crippen LogP contribution is 2.18. The van der Waals surface area contributed by atoms with E-state index in [-0.39, 0.29) is 11.2 Å². The maximum Gasteiger partial charge on any atom is 0.214 e. The van der Waals surface area contributed by atoms with Gasteiger partial charge in [-0.15, -0.1) is 0 Å². The number of hydrogen-bond acceptors (Lipinski definition) is 4. The van der Waals surface area contributed by atoms with Crippen LogP contribution in [0.3, 0.4) is 0 Å². The van der Waals surface area contributed by atoms with Gasteiger partial charge in [0, 0.05) is 26.7 Å². The summed E-state index contributed by atoms with van der Waals surface area (Å²) < 4.78 is 30.4. The molecule has 0 aliphatic heterocycles. The molecule has 0 heterocycles. The van der Waals surface area contributed by atoms with Crippen LogP contribution in [0.2, 0.25) is 0 Å². The van der Waals surface area contributed by atoms with E-state index >= 15 is 0 Å². The zero-order chi connectivity index (χ0) is 12.8. The summed E-state index contributed by atoms with van der Waals surface area (Å²) in [5, 5.41) is 0. The third-order valence-corrected chi connectivity index (χ3v) is 4.31. The van der Waals surface area contributed by atoms with Gasteiger partial charge in [0.1, 0.15) is 0 Å². The number of methoxy groups -OCH3 is 1. The smallest absolute Gasteiger partial charge is 0.214 e. The minimum absolute atomic E-state index is 0.129. The van der Waals surface area contributed by atoms with Gasteiger partial charge < -0.3 is 10.5 Å². The van der Waals surface area contributed by atoms with Crippen molar-refractivity contribution in [3.8, 4) is 0 Å². The molecule has 0 unspecified atom stereocenters. The van der Waals surface area contributed by atoms with Gasteiger partial charge in [0.05, 0.1) is 12.4 Å². The lowest BCUT2D eigenvalue weighted by Crippen LogP contribution is -2.41. The molecule has 0 rings (SSSR count). The molecule has 6 heteroatoms. The Morgan fingerprint density at radius 1 is 1.25 bits per heavy atom. The van der Waals surface area contributed by atoms with E-state index in [2.05, 4.69) is 0 Å². The number of nitrogens with zero attached hydrogens (tertiary/aromatic N) is 1. The quantitative estimate of drug-likeness (QED) is 0.706. The second kappa shape index (κ2) is 6.54. The highest BCUT2D eigenvalue weighted by atomic mass is 32.2. The van der Waals surface area contributed by atoms with Crippen molar-refractivity contribution in [1.82, 2.24) is 4.31 Å². The second-order valence-corrected chi connectivity index (χ2v) is 6.97. The second-order valence-electron chi connectivity index (χ2n) is 5.00. The lowest BCUT2D eigenvalue weighted by Gasteiger charge is -2.26. The molecule has 0 aromatic rings. The fourth-order valence-electron chi connectivity index (χ4n) is 1.37. The Hall–Kier alpha value is -0.170. The first-order valence-electron chi connectivity index (χ1n) is 5.40. The van der Waals surface area contributed by atoms with Gasteiger partial charge in [-0.1, -0.05) is 20.8 Å². The summed E-state index contributed by atoms with van der Waals surface area (Å²) in [5.74, 6) is 0.129. The van der Waals surface area contributed by atoms with Gasteiger partial charge in [0.15, 0.2) is 0 Å². The molecule has 0 spiro atoms. The van der Waals surface area contributed by atoms with Crippen molar-refractivity contribution >= 4 is 10.0 Å². The molecule has 16 heavy (non-hydrogen) atoms. The third-order valence-electron chi connectivity index (χ3n) is 1.93. The van der Waals surface area contributed by atoms with E-state index in [1.165, 1.54) is 4.31 Å². The van der Waals surface area contributed by atoms with Crippen molar-refractivity contribution in [3.63, 3.8) is 0 Å². The van der Waals surface area contributed by atoms with Crippen LogP contribution in [0.1, 0.15) is 20.8 Å². The topological polar surface area (TPSA) is 72.6 Å². The molecule has 0 fully saturated rings. The first kappa shape index (κ1) is 15.8. The lowest BCUT2D eigenvalue weighted by atomic mass is 10.0. The predicted octanol–water partition coefficient (Wildman–Crippen LogP) is 0.269. The van der Waals surface area contributed by atoms with E-state index < -0.39 is 10.0 Å². The SMILES string of the molecule is COCCN(CCN)S(=O)(=O)CC(C)(C)C. The highest BCUT2D eigenvalue weighted by Gasteiger charge is 2.27. The molecule has 0 atom stereocenters. The molecule has 0 bridgehead atoms. The molecule has 2 N–H and O–H groups in total. The average Bonchev–Trinajstić information content (AvgIpc) is 2.07. The van der Waals surface area contributed by atoms with Gasteiger partial charge in [-0.25, -0.2) is 8.42 Å². The van der Waals surface area contributed by atoms with E-state index in [4.69, 9.17) is 10.5 Å². The summed E-state index contributed by atoms with van der Waals surface area (Å²) in [7, 11) is -1.69. The average molecular weight is 252 g/mol. The fourth-order valence-corrected chi connectivity index (χ4v) is 3.38. The van der Waals surface area contributed by atoms with Gasteiger partial charge in [-0.05, 0) is 5.41 Å². The summed E-state index contributed by atoms with van der Waals surface area (Å²) in [5.41, 5.74) is 5.16. The minimum atomic E-state index is -3.24.